The molecule has 0 radical (unpaired) electrons. The third-order valence-electron chi connectivity index (χ3n) is 2.40. The Morgan fingerprint density at radius 2 is 2.24 bits per heavy atom. The fourth-order valence-electron chi connectivity index (χ4n) is 1.49. The number of hydrogen-bond acceptors (Lipinski definition) is 4. The molecule has 1 aromatic heterocycles. The summed E-state index contributed by atoms with van der Waals surface area (Å²) < 4.78 is 18.9. The van der Waals surface area contributed by atoms with Gasteiger partial charge in [0.05, 0.1) is 18.4 Å². The number of nitrogens with two attached hydrogens (primary N) is 1. The van der Waals surface area contributed by atoms with E-state index in [2.05, 4.69) is 4.98 Å². The zero-order valence-corrected chi connectivity index (χ0v) is 10.4. The van der Waals surface area contributed by atoms with Gasteiger partial charge in [-0.1, -0.05) is 6.07 Å². The Morgan fingerprint density at radius 3 is 2.82 bits per heavy atom. The summed E-state index contributed by atoms with van der Waals surface area (Å²) in [6, 6.07) is 4.56. The summed E-state index contributed by atoms with van der Waals surface area (Å²) in [5.41, 5.74) is 6.89. The molecule has 2 N–H and O–H groups in total. The van der Waals surface area contributed by atoms with Crippen LogP contribution in [0.25, 0.3) is 10.6 Å². The summed E-state index contributed by atoms with van der Waals surface area (Å²) in [5, 5.41) is 2.43. The molecule has 1 unspecified atom stereocenters. The van der Waals surface area contributed by atoms with E-state index >= 15 is 0 Å². The van der Waals surface area contributed by atoms with Crippen molar-refractivity contribution in [2.24, 2.45) is 5.73 Å². The van der Waals surface area contributed by atoms with E-state index in [1.807, 2.05) is 12.3 Å². The summed E-state index contributed by atoms with van der Waals surface area (Å²) in [7, 11) is 1.51. The molecule has 1 atom stereocenters. The van der Waals surface area contributed by atoms with Gasteiger partial charge in [0.2, 0.25) is 0 Å². The SMILES string of the molecule is COc1cccc(F)c1-c1nc(C(C)N)cs1. The van der Waals surface area contributed by atoms with Crippen molar-refractivity contribution < 1.29 is 9.13 Å². The Labute approximate surface area is 103 Å². The maximum atomic E-state index is 13.8. The Kier molecular flexibility index (Phi) is 3.40. The first-order chi connectivity index (χ1) is 8.13. The van der Waals surface area contributed by atoms with Crippen molar-refractivity contribution in [2.75, 3.05) is 7.11 Å². The highest BCUT2D eigenvalue weighted by Crippen LogP contribution is 2.35. The van der Waals surface area contributed by atoms with Crippen LogP contribution in [0.5, 0.6) is 5.75 Å². The topological polar surface area (TPSA) is 48.1 Å². The van der Waals surface area contributed by atoms with Crippen LogP contribution in [0.3, 0.4) is 0 Å². The van der Waals surface area contributed by atoms with Crippen molar-refractivity contribution in [3.05, 3.63) is 35.1 Å². The minimum atomic E-state index is -0.338. The molecule has 0 saturated heterocycles. The van der Waals surface area contributed by atoms with E-state index in [4.69, 9.17) is 10.5 Å². The number of rotatable bonds is 3. The second-order valence-electron chi connectivity index (χ2n) is 3.68. The monoisotopic (exact) mass is 252 g/mol. The van der Waals surface area contributed by atoms with E-state index in [1.54, 1.807) is 12.1 Å². The number of aromatic nitrogens is 1. The molecule has 3 nitrogen and oxygen atoms in total. The van der Waals surface area contributed by atoms with E-state index in [0.717, 1.165) is 5.69 Å². The summed E-state index contributed by atoms with van der Waals surface area (Å²) in [4.78, 5) is 4.32. The van der Waals surface area contributed by atoms with Crippen LogP contribution in [-0.2, 0) is 0 Å². The van der Waals surface area contributed by atoms with Crippen LogP contribution in [0.2, 0.25) is 0 Å². The largest absolute Gasteiger partial charge is 0.496 e. The predicted octanol–water partition coefficient (Wildman–Crippen LogP) is 2.98. The lowest BCUT2D eigenvalue weighted by molar-refractivity contribution is 0.413. The number of methoxy groups -OCH3 is 1. The van der Waals surface area contributed by atoms with Crippen LogP contribution in [0.15, 0.2) is 23.6 Å². The molecule has 17 heavy (non-hydrogen) atoms. The summed E-state index contributed by atoms with van der Waals surface area (Å²) in [6.07, 6.45) is 0. The molecule has 2 aromatic rings. The highest BCUT2D eigenvalue weighted by atomic mass is 32.1. The number of nitrogens with zero attached hydrogens (tertiary/aromatic N) is 1. The smallest absolute Gasteiger partial charge is 0.137 e. The van der Waals surface area contributed by atoms with Crippen molar-refractivity contribution in [1.29, 1.82) is 0 Å². The van der Waals surface area contributed by atoms with Gasteiger partial charge < -0.3 is 10.5 Å². The van der Waals surface area contributed by atoms with Crippen molar-refractivity contribution in [3.8, 4) is 16.3 Å². The van der Waals surface area contributed by atoms with E-state index < -0.39 is 0 Å². The number of halogens is 1. The van der Waals surface area contributed by atoms with Crippen LogP contribution < -0.4 is 10.5 Å². The second kappa shape index (κ2) is 4.81. The number of ether oxygens (including phenoxy) is 1. The average molecular weight is 252 g/mol. The van der Waals surface area contributed by atoms with E-state index in [1.165, 1.54) is 24.5 Å². The van der Waals surface area contributed by atoms with Gasteiger partial charge in [-0.2, -0.15) is 0 Å². The summed E-state index contributed by atoms with van der Waals surface area (Å²) >= 11 is 1.36. The van der Waals surface area contributed by atoms with Gasteiger partial charge in [0.15, 0.2) is 0 Å². The highest BCUT2D eigenvalue weighted by molar-refractivity contribution is 7.13. The van der Waals surface area contributed by atoms with Crippen LogP contribution in [-0.4, -0.2) is 12.1 Å². The van der Waals surface area contributed by atoms with Gasteiger partial charge in [-0.15, -0.1) is 11.3 Å². The van der Waals surface area contributed by atoms with Crippen LogP contribution in [0.1, 0.15) is 18.7 Å². The van der Waals surface area contributed by atoms with Crippen molar-refractivity contribution in [3.63, 3.8) is 0 Å². The summed E-state index contributed by atoms with van der Waals surface area (Å²) in [6.45, 7) is 1.84. The van der Waals surface area contributed by atoms with Gasteiger partial charge in [-0.05, 0) is 19.1 Å². The first kappa shape index (κ1) is 12.0. The highest BCUT2D eigenvalue weighted by Gasteiger charge is 2.16. The van der Waals surface area contributed by atoms with Gasteiger partial charge in [0, 0.05) is 11.4 Å². The fourth-order valence-corrected chi connectivity index (χ4v) is 2.47. The van der Waals surface area contributed by atoms with Gasteiger partial charge >= 0.3 is 0 Å². The zero-order valence-electron chi connectivity index (χ0n) is 9.61. The Bertz CT molecular complexity index is 525. The maximum Gasteiger partial charge on any atom is 0.137 e. The molecule has 2 rings (SSSR count). The second-order valence-corrected chi connectivity index (χ2v) is 4.54. The molecule has 1 heterocycles. The van der Waals surface area contributed by atoms with Crippen molar-refractivity contribution >= 4 is 11.3 Å². The Hall–Kier alpha value is -1.46. The van der Waals surface area contributed by atoms with Gasteiger partial charge in [-0.3, -0.25) is 0 Å². The predicted molar refractivity (Wildman–Crippen MR) is 66.7 cm³/mol. The number of thiazole rings is 1. The molecule has 5 heteroatoms. The molecule has 0 spiro atoms. The van der Waals surface area contributed by atoms with E-state index in [-0.39, 0.29) is 11.9 Å². The molecule has 0 saturated carbocycles. The Balaban J connectivity index is 2.51. The lowest BCUT2D eigenvalue weighted by Crippen LogP contribution is -2.05. The first-order valence-corrected chi connectivity index (χ1v) is 6.05. The van der Waals surface area contributed by atoms with Gasteiger partial charge in [-0.25, -0.2) is 9.37 Å². The lowest BCUT2D eigenvalue weighted by atomic mass is 10.2. The molecule has 0 aliphatic carbocycles. The molecule has 0 bridgehead atoms. The standard InChI is InChI=1S/C12H13FN2OS/c1-7(14)9-6-17-12(15-9)11-8(13)4-3-5-10(11)16-2/h3-7H,14H2,1-2H3. The maximum absolute atomic E-state index is 13.8. The van der Waals surface area contributed by atoms with Crippen LogP contribution >= 0.6 is 11.3 Å². The minimum absolute atomic E-state index is 0.155. The third kappa shape index (κ3) is 2.30. The lowest BCUT2D eigenvalue weighted by Gasteiger charge is -2.06. The zero-order chi connectivity index (χ0) is 12.4. The fraction of sp³-hybridized carbons (Fsp3) is 0.250. The normalized spacial score (nSPS) is 12.5. The van der Waals surface area contributed by atoms with E-state index in [9.17, 15) is 4.39 Å². The minimum Gasteiger partial charge on any atom is -0.496 e. The molecular weight excluding hydrogens is 239 g/mol. The van der Waals surface area contributed by atoms with Crippen LogP contribution in [0.4, 0.5) is 4.39 Å². The number of hydrogen-bond donors (Lipinski definition) is 1. The molecule has 0 aliphatic heterocycles. The van der Waals surface area contributed by atoms with Crippen LogP contribution in [0, 0.1) is 5.82 Å². The molecule has 1 aromatic carbocycles. The van der Waals surface area contributed by atoms with E-state index in [0.29, 0.717) is 16.3 Å². The first-order valence-electron chi connectivity index (χ1n) is 5.17. The van der Waals surface area contributed by atoms with Crippen molar-refractivity contribution in [2.45, 2.75) is 13.0 Å². The molecule has 0 aliphatic rings. The molecular formula is C12H13FN2OS. The Morgan fingerprint density at radius 1 is 1.47 bits per heavy atom. The molecule has 0 amide bonds. The molecule has 90 valence electrons. The average Bonchev–Trinajstić information content (AvgIpc) is 2.77. The van der Waals surface area contributed by atoms with Gasteiger partial charge in [0.25, 0.3) is 0 Å². The quantitative estimate of drug-likeness (QED) is 0.913. The third-order valence-corrected chi connectivity index (χ3v) is 3.28. The van der Waals surface area contributed by atoms with Crippen molar-refractivity contribution in [1.82, 2.24) is 4.98 Å². The number of benzene rings is 1. The molecule has 0 fully saturated rings. The summed E-state index contributed by atoms with van der Waals surface area (Å²) in [5.74, 6) is 0.144. The van der Waals surface area contributed by atoms with Gasteiger partial charge in [0.1, 0.15) is 16.6 Å².